The van der Waals surface area contributed by atoms with Crippen molar-refractivity contribution in [1.29, 1.82) is 0 Å². The number of nitrogens with one attached hydrogen (secondary N) is 1. The third-order valence-electron chi connectivity index (χ3n) is 3.75. The van der Waals surface area contributed by atoms with Crippen LogP contribution in [0.3, 0.4) is 0 Å². The molecular weight excluding hydrogens is 236 g/mol. The second-order valence-electron chi connectivity index (χ2n) is 5.18. The quantitative estimate of drug-likeness (QED) is 0.853. The number of nitrogens with zero attached hydrogens (tertiary/aromatic N) is 1. The van der Waals surface area contributed by atoms with Crippen LogP contribution in [0.5, 0.6) is 5.75 Å². The monoisotopic (exact) mass is 262 g/mol. The van der Waals surface area contributed by atoms with Crippen molar-refractivity contribution in [1.82, 2.24) is 10.2 Å². The zero-order chi connectivity index (χ0) is 13.5. The summed E-state index contributed by atoms with van der Waals surface area (Å²) in [5.41, 5.74) is 1.32. The number of hydrogen-bond donors (Lipinski definition) is 1. The van der Waals surface area contributed by atoms with Gasteiger partial charge in [-0.25, -0.2) is 0 Å². The molecule has 3 heteroatoms. The van der Waals surface area contributed by atoms with Crippen LogP contribution in [0.2, 0.25) is 0 Å². The largest absolute Gasteiger partial charge is 0.492 e. The van der Waals surface area contributed by atoms with E-state index in [4.69, 9.17) is 4.74 Å². The minimum atomic E-state index is 0.611. The molecule has 1 atom stereocenters. The molecule has 1 aromatic carbocycles. The average molecular weight is 262 g/mol. The summed E-state index contributed by atoms with van der Waals surface area (Å²) in [7, 11) is 0. The predicted octanol–water partition coefficient (Wildman–Crippen LogP) is 2.66. The number of rotatable bonds is 6. The van der Waals surface area contributed by atoms with E-state index in [-0.39, 0.29) is 0 Å². The van der Waals surface area contributed by atoms with Crippen LogP contribution in [0, 0.1) is 0 Å². The second kappa shape index (κ2) is 7.51. The van der Waals surface area contributed by atoms with Crippen LogP contribution in [-0.4, -0.2) is 37.2 Å². The van der Waals surface area contributed by atoms with E-state index in [0.717, 1.165) is 38.5 Å². The van der Waals surface area contributed by atoms with Gasteiger partial charge in [-0.15, -0.1) is 0 Å². The van der Waals surface area contributed by atoms with Gasteiger partial charge in [0.15, 0.2) is 0 Å². The Morgan fingerprint density at radius 1 is 1.32 bits per heavy atom. The van der Waals surface area contributed by atoms with Crippen LogP contribution in [-0.2, 0) is 6.54 Å². The molecule has 2 rings (SSSR count). The van der Waals surface area contributed by atoms with Crippen molar-refractivity contribution in [3.8, 4) is 5.75 Å². The molecule has 0 aliphatic carbocycles. The maximum absolute atomic E-state index is 5.85. The van der Waals surface area contributed by atoms with Gasteiger partial charge in [0.1, 0.15) is 12.4 Å². The van der Waals surface area contributed by atoms with Gasteiger partial charge in [0.2, 0.25) is 0 Å². The van der Waals surface area contributed by atoms with Crippen molar-refractivity contribution in [3.05, 3.63) is 29.8 Å². The standard InChI is InChI=1S/C16H26N2O/c1-3-7-15(12-17-4-2)18-10-11-19-16-9-6-5-8-14(16)13-18/h5-6,8-9,15,17H,3-4,7,10-13H2,1-2H3. The molecule has 1 heterocycles. The Morgan fingerprint density at radius 2 is 2.16 bits per heavy atom. The number of benzene rings is 1. The van der Waals surface area contributed by atoms with Gasteiger partial charge in [0.05, 0.1) is 0 Å². The van der Waals surface area contributed by atoms with Crippen LogP contribution in [0.25, 0.3) is 0 Å². The highest BCUT2D eigenvalue weighted by atomic mass is 16.5. The van der Waals surface area contributed by atoms with E-state index in [1.165, 1.54) is 18.4 Å². The normalized spacial score (nSPS) is 17.4. The van der Waals surface area contributed by atoms with Crippen molar-refractivity contribution >= 4 is 0 Å². The number of likely N-dealkylation sites (N-methyl/N-ethyl adjacent to an activating group) is 1. The minimum Gasteiger partial charge on any atom is -0.492 e. The molecule has 0 saturated heterocycles. The topological polar surface area (TPSA) is 24.5 Å². The smallest absolute Gasteiger partial charge is 0.123 e. The summed E-state index contributed by atoms with van der Waals surface area (Å²) >= 11 is 0. The Kier molecular flexibility index (Phi) is 5.67. The average Bonchev–Trinajstić information content (AvgIpc) is 2.65. The highest BCUT2D eigenvalue weighted by Gasteiger charge is 2.21. The maximum atomic E-state index is 5.85. The van der Waals surface area contributed by atoms with Gasteiger partial charge in [-0.3, -0.25) is 4.90 Å². The molecule has 1 aromatic rings. The van der Waals surface area contributed by atoms with Gasteiger partial charge in [0.25, 0.3) is 0 Å². The van der Waals surface area contributed by atoms with Gasteiger partial charge in [-0.2, -0.15) is 0 Å². The first-order valence-corrected chi connectivity index (χ1v) is 7.50. The first-order chi connectivity index (χ1) is 9.35. The predicted molar refractivity (Wildman–Crippen MR) is 79.6 cm³/mol. The van der Waals surface area contributed by atoms with Gasteiger partial charge in [0, 0.05) is 31.2 Å². The van der Waals surface area contributed by atoms with Crippen LogP contribution in [0.1, 0.15) is 32.3 Å². The maximum Gasteiger partial charge on any atom is 0.123 e. The summed E-state index contributed by atoms with van der Waals surface area (Å²) in [6.07, 6.45) is 2.48. The Bertz CT molecular complexity index is 381. The van der Waals surface area contributed by atoms with Crippen molar-refractivity contribution < 1.29 is 4.74 Å². The lowest BCUT2D eigenvalue weighted by molar-refractivity contribution is 0.158. The van der Waals surface area contributed by atoms with E-state index in [9.17, 15) is 0 Å². The molecule has 1 aliphatic rings. The molecule has 0 fully saturated rings. The third-order valence-corrected chi connectivity index (χ3v) is 3.75. The summed E-state index contributed by atoms with van der Waals surface area (Å²) in [6, 6.07) is 9.03. The molecule has 3 nitrogen and oxygen atoms in total. The minimum absolute atomic E-state index is 0.611. The second-order valence-corrected chi connectivity index (χ2v) is 5.18. The van der Waals surface area contributed by atoms with Crippen LogP contribution < -0.4 is 10.1 Å². The Balaban J connectivity index is 2.06. The van der Waals surface area contributed by atoms with Gasteiger partial charge < -0.3 is 10.1 Å². The molecule has 0 saturated carbocycles. The fraction of sp³-hybridized carbons (Fsp3) is 0.625. The molecule has 19 heavy (non-hydrogen) atoms. The fourth-order valence-corrected chi connectivity index (χ4v) is 2.72. The molecule has 0 amide bonds. The van der Waals surface area contributed by atoms with E-state index >= 15 is 0 Å². The SMILES string of the molecule is CCCC(CNCC)N1CCOc2ccccc2C1. The fourth-order valence-electron chi connectivity index (χ4n) is 2.72. The molecule has 0 spiro atoms. The molecular formula is C16H26N2O. The van der Waals surface area contributed by atoms with Gasteiger partial charge >= 0.3 is 0 Å². The lowest BCUT2D eigenvalue weighted by atomic mass is 10.1. The number of fused-ring (bicyclic) bond motifs is 1. The summed E-state index contributed by atoms with van der Waals surface area (Å²) in [5, 5.41) is 3.49. The van der Waals surface area contributed by atoms with Crippen LogP contribution in [0.4, 0.5) is 0 Å². The zero-order valence-electron chi connectivity index (χ0n) is 12.2. The first-order valence-electron chi connectivity index (χ1n) is 7.50. The molecule has 1 N–H and O–H groups in total. The highest BCUT2D eigenvalue weighted by molar-refractivity contribution is 5.33. The molecule has 0 bridgehead atoms. The van der Waals surface area contributed by atoms with E-state index in [0.29, 0.717) is 6.04 Å². The summed E-state index contributed by atoms with van der Waals surface area (Å²) < 4.78 is 5.85. The van der Waals surface area contributed by atoms with E-state index in [1.54, 1.807) is 0 Å². The number of hydrogen-bond acceptors (Lipinski definition) is 3. The van der Waals surface area contributed by atoms with Crippen molar-refractivity contribution in [2.45, 2.75) is 39.3 Å². The Labute approximate surface area is 116 Å². The molecule has 106 valence electrons. The van der Waals surface area contributed by atoms with Crippen molar-refractivity contribution in [3.63, 3.8) is 0 Å². The van der Waals surface area contributed by atoms with Crippen molar-refractivity contribution in [2.75, 3.05) is 26.2 Å². The molecule has 1 aliphatic heterocycles. The summed E-state index contributed by atoms with van der Waals surface area (Å²) in [5.74, 6) is 1.06. The summed E-state index contributed by atoms with van der Waals surface area (Å²) in [6.45, 7) is 9.37. The number of ether oxygens (including phenoxy) is 1. The van der Waals surface area contributed by atoms with Crippen LogP contribution >= 0.6 is 0 Å². The number of para-hydroxylation sites is 1. The lowest BCUT2D eigenvalue weighted by Crippen LogP contribution is -2.43. The Morgan fingerprint density at radius 3 is 2.95 bits per heavy atom. The van der Waals surface area contributed by atoms with E-state index in [1.807, 2.05) is 0 Å². The zero-order valence-corrected chi connectivity index (χ0v) is 12.2. The molecule has 0 aromatic heterocycles. The van der Waals surface area contributed by atoms with E-state index in [2.05, 4.69) is 48.3 Å². The third kappa shape index (κ3) is 3.95. The van der Waals surface area contributed by atoms with Crippen LogP contribution in [0.15, 0.2) is 24.3 Å². The Hall–Kier alpha value is -1.06. The first kappa shape index (κ1) is 14.4. The lowest BCUT2D eigenvalue weighted by Gasteiger charge is -2.30. The van der Waals surface area contributed by atoms with E-state index < -0.39 is 0 Å². The van der Waals surface area contributed by atoms with Crippen molar-refractivity contribution in [2.24, 2.45) is 0 Å². The molecule has 1 unspecified atom stereocenters. The molecule has 0 radical (unpaired) electrons. The highest BCUT2D eigenvalue weighted by Crippen LogP contribution is 2.24. The van der Waals surface area contributed by atoms with Gasteiger partial charge in [-0.1, -0.05) is 38.5 Å². The van der Waals surface area contributed by atoms with Gasteiger partial charge in [-0.05, 0) is 19.0 Å². The summed E-state index contributed by atoms with van der Waals surface area (Å²) in [4.78, 5) is 2.57.